The molecule has 0 bridgehead atoms. The molecule has 5 heteroatoms. The van der Waals surface area contributed by atoms with E-state index in [9.17, 15) is 14.4 Å². The Morgan fingerprint density at radius 3 is 2.11 bits per heavy atom. The topological polar surface area (TPSA) is 72.5 Å². The first kappa shape index (κ1) is 20.4. The molecule has 0 aliphatic rings. The van der Waals surface area contributed by atoms with Crippen molar-refractivity contribution in [2.45, 2.75) is 38.6 Å². The number of amides is 1. The second-order valence-corrected chi connectivity index (χ2v) is 6.40. The lowest BCUT2D eigenvalue weighted by atomic mass is 9.97. The van der Waals surface area contributed by atoms with Gasteiger partial charge in [-0.05, 0) is 30.9 Å². The van der Waals surface area contributed by atoms with E-state index in [2.05, 4.69) is 5.32 Å². The Morgan fingerprint density at radius 2 is 1.56 bits per heavy atom. The quantitative estimate of drug-likeness (QED) is 0.692. The van der Waals surface area contributed by atoms with Gasteiger partial charge in [-0.15, -0.1) is 0 Å². The summed E-state index contributed by atoms with van der Waals surface area (Å²) in [5.41, 5.74) is 1.81. The van der Waals surface area contributed by atoms with Gasteiger partial charge < -0.3 is 10.1 Å². The Morgan fingerprint density at radius 1 is 0.963 bits per heavy atom. The molecule has 2 aromatic carbocycles. The Hall–Kier alpha value is -2.95. The number of hydrogen-bond donors (Lipinski definition) is 1. The highest BCUT2D eigenvalue weighted by molar-refractivity contribution is 5.89. The van der Waals surface area contributed by atoms with Gasteiger partial charge in [0.15, 0.2) is 12.4 Å². The van der Waals surface area contributed by atoms with Crippen molar-refractivity contribution in [1.29, 1.82) is 0 Å². The molecule has 0 aromatic heterocycles. The van der Waals surface area contributed by atoms with Crippen LogP contribution in [0.4, 0.5) is 0 Å². The molecule has 1 N–H and O–H groups in total. The Labute approximate surface area is 159 Å². The second-order valence-electron chi connectivity index (χ2n) is 6.40. The lowest BCUT2D eigenvalue weighted by molar-refractivity contribution is -0.150. The summed E-state index contributed by atoms with van der Waals surface area (Å²) >= 11 is 0. The first-order valence-corrected chi connectivity index (χ1v) is 9.06. The SMILES string of the molecule is CC[C@H](C(=O)OCC(=O)N[C@@H](Cc1ccccc1)C(C)=O)c1ccccc1. The zero-order chi connectivity index (χ0) is 19.6. The third-order valence-electron chi connectivity index (χ3n) is 4.35. The van der Waals surface area contributed by atoms with Crippen molar-refractivity contribution in [3.63, 3.8) is 0 Å². The van der Waals surface area contributed by atoms with Crippen LogP contribution in [0, 0.1) is 0 Å². The van der Waals surface area contributed by atoms with Crippen LogP contribution in [0.25, 0.3) is 0 Å². The number of ether oxygens (including phenoxy) is 1. The van der Waals surface area contributed by atoms with Crippen LogP contribution in [0.5, 0.6) is 0 Å². The standard InChI is InChI=1S/C22H25NO4/c1-3-19(18-12-8-5-9-13-18)22(26)27-15-21(25)23-20(16(2)24)14-17-10-6-4-7-11-17/h4-13,19-20H,3,14-15H2,1-2H3,(H,23,25)/t19-,20-/m0/s1. The van der Waals surface area contributed by atoms with Crippen molar-refractivity contribution in [3.8, 4) is 0 Å². The number of nitrogens with one attached hydrogen (secondary N) is 1. The molecule has 0 fully saturated rings. The molecule has 5 nitrogen and oxygen atoms in total. The fourth-order valence-corrected chi connectivity index (χ4v) is 2.84. The average molecular weight is 367 g/mol. The van der Waals surface area contributed by atoms with E-state index in [-0.39, 0.29) is 5.78 Å². The van der Waals surface area contributed by atoms with Gasteiger partial charge in [-0.3, -0.25) is 14.4 Å². The molecule has 0 saturated heterocycles. The molecule has 27 heavy (non-hydrogen) atoms. The molecule has 0 saturated carbocycles. The normalized spacial score (nSPS) is 12.7. The van der Waals surface area contributed by atoms with Crippen LogP contribution >= 0.6 is 0 Å². The minimum absolute atomic E-state index is 0.144. The van der Waals surface area contributed by atoms with Crippen LogP contribution < -0.4 is 5.32 Å². The lowest BCUT2D eigenvalue weighted by Gasteiger charge is -2.17. The van der Waals surface area contributed by atoms with E-state index in [0.717, 1.165) is 11.1 Å². The third kappa shape index (κ3) is 6.37. The van der Waals surface area contributed by atoms with Crippen molar-refractivity contribution in [3.05, 3.63) is 71.8 Å². The summed E-state index contributed by atoms with van der Waals surface area (Å²) < 4.78 is 5.18. The van der Waals surface area contributed by atoms with Gasteiger partial charge in [-0.25, -0.2) is 0 Å². The highest BCUT2D eigenvalue weighted by Crippen LogP contribution is 2.20. The Bertz CT molecular complexity index is 758. The average Bonchev–Trinajstić information content (AvgIpc) is 2.68. The first-order valence-electron chi connectivity index (χ1n) is 9.06. The molecule has 142 valence electrons. The van der Waals surface area contributed by atoms with Gasteiger partial charge in [-0.1, -0.05) is 67.6 Å². The van der Waals surface area contributed by atoms with Crippen molar-refractivity contribution in [2.75, 3.05) is 6.61 Å². The third-order valence-corrected chi connectivity index (χ3v) is 4.35. The van der Waals surface area contributed by atoms with Crippen LogP contribution in [0.15, 0.2) is 60.7 Å². The molecule has 0 spiro atoms. The number of benzene rings is 2. The summed E-state index contributed by atoms with van der Waals surface area (Å²) in [6, 6.07) is 18.1. The monoisotopic (exact) mass is 367 g/mol. The van der Waals surface area contributed by atoms with E-state index < -0.39 is 30.4 Å². The maximum atomic E-state index is 12.3. The first-order chi connectivity index (χ1) is 13.0. The van der Waals surface area contributed by atoms with Gasteiger partial charge in [0.05, 0.1) is 12.0 Å². The molecule has 0 radical (unpaired) electrons. The summed E-state index contributed by atoms with van der Waals surface area (Å²) in [4.78, 5) is 36.3. The van der Waals surface area contributed by atoms with Crippen LogP contribution in [0.2, 0.25) is 0 Å². The van der Waals surface area contributed by atoms with Crippen molar-refractivity contribution < 1.29 is 19.1 Å². The number of Topliss-reactive ketones (excluding diaryl/α,β-unsaturated/α-hetero) is 1. The van der Waals surface area contributed by atoms with E-state index in [4.69, 9.17) is 4.74 Å². The van der Waals surface area contributed by atoms with Crippen LogP contribution in [-0.2, 0) is 25.5 Å². The largest absolute Gasteiger partial charge is 0.455 e. The van der Waals surface area contributed by atoms with Gasteiger partial charge in [-0.2, -0.15) is 0 Å². The van der Waals surface area contributed by atoms with E-state index in [1.807, 2.05) is 67.6 Å². The molecule has 2 rings (SSSR count). The maximum Gasteiger partial charge on any atom is 0.313 e. The number of esters is 1. The number of carbonyl (C=O) groups is 3. The summed E-state index contributed by atoms with van der Waals surface area (Å²) in [5, 5.41) is 2.65. The summed E-state index contributed by atoms with van der Waals surface area (Å²) in [5.74, 6) is -1.48. The fraction of sp³-hybridized carbons (Fsp3) is 0.318. The summed E-state index contributed by atoms with van der Waals surface area (Å²) in [6.07, 6.45) is 0.978. The Kier molecular flexibility index (Phi) is 7.74. The van der Waals surface area contributed by atoms with Crippen molar-refractivity contribution in [1.82, 2.24) is 5.32 Å². The number of hydrogen-bond acceptors (Lipinski definition) is 4. The zero-order valence-electron chi connectivity index (χ0n) is 15.7. The predicted octanol–water partition coefficient (Wildman–Crippen LogP) is 3.04. The Balaban J connectivity index is 1.89. The van der Waals surface area contributed by atoms with Crippen LogP contribution in [0.3, 0.4) is 0 Å². The number of ketones is 1. The van der Waals surface area contributed by atoms with Gasteiger partial charge in [0, 0.05) is 0 Å². The van der Waals surface area contributed by atoms with Gasteiger partial charge in [0.1, 0.15) is 0 Å². The molecule has 2 aromatic rings. The molecule has 0 aliphatic heterocycles. The molecular formula is C22H25NO4. The van der Waals surface area contributed by atoms with Crippen molar-refractivity contribution in [2.24, 2.45) is 0 Å². The lowest BCUT2D eigenvalue weighted by Crippen LogP contribution is -2.43. The van der Waals surface area contributed by atoms with E-state index in [0.29, 0.717) is 12.8 Å². The molecule has 0 heterocycles. The number of rotatable bonds is 9. The number of carbonyl (C=O) groups excluding carboxylic acids is 3. The predicted molar refractivity (Wildman–Crippen MR) is 103 cm³/mol. The molecule has 0 unspecified atom stereocenters. The highest BCUT2D eigenvalue weighted by Gasteiger charge is 2.22. The summed E-state index contributed by atoms with van der Waals surface area (Å²) in [7, 11) is 0. The van der Waals surface area contributed by atoms with E-state index in [1.54, 1.807) is 0 Å². The zero-order valence-corrected chi connectivity index (χ0v) is 15.7. The van der Waals surface area contributed by atoms with Crippen molar-refractivity contribution >= 4 is 17.7 Å². The minimum Gasteiger partial charge on any atom is -0.455 e. The molecule has 1 amide bonds. The summed E-state index contributed by atoms with van der Waals surface area (Å²) in [6.45, 7) is 2.92. The van der Waals surface area contributed by atoms with Gasteiger partial charge in [0.25, 0.3) is 5.91 Å². The molecule has 0 aliphatic carbocycles. The minimum atomic E-state index is -0.644. The van der Waals surface area contributed by atoms with Gasteiger partial charge >= 0.3 is 5.97 Å². The van der Waals surface area contributed by atoms with E-state index in [1.165, 1.54) is 6.92 Å². The smallest absolute Gasteiger partial charge is 0.313 e. The molecule has 2 atom stereocenters. The maximum absolute atomic E-state index is 12.3. The van der Waals surface area contributed by atoms with Crippen LogP contribution in [-0.4, -0.2) is 30.3 Å². The van der Waals surface area contributed by atoms with E-state index >= 15 is 0 Å². The highest BCUT2D eigenvalue weighted by atomic mass is 16.5. The van der Waals surface area contributed by atoms with Gasteiger partial charge in [0.2, 0.25) is 0 Å². The van der Waals surface area contributed by atoms with Crippen LogP contribution in [0.1, 0.15) is 37.3 Å². The fourth-order valence-electron chi connectivity index (χ4n) is 2.84. The second kappa shape index (κ2) is 10.3. The molecular weight excluding hydrogens is 342 g/mol.